The Kier molecular flexibility index (Phi) is 5.52. The maximum atomic E-state index is 11.7. The molecule has 1 saturated heterocycles. The highest BCUT2D eigenvalue weighted by Crippen LogP contribution is 2.19. The van der Waals surface area contributed by atoms with Crippen LogP contribution in [0.2, 0.25) is 0 Å². The minimum Gasteiger partial charge on any atom is -0.464 e. The van der Waals surface area contributed by atoms with Crippen LogP contribution in [-0.2, 0) is 14.3 Å². The summed E-state index contributed by atoms with van der Waals surface area (Å²) in [6.07, 6.45) is 3.25. The second-order valence-corrected chi connectivity index (χ2v) is 3.88. The highest BCUT2D eigenvalue weighted by molar-refractivity contribution is 5.82. The summed E-state index contributed by atoms with van der Waals surface area (Å²) in [4.78, 5) is 24.8. The lowest BCUT2D eigenvalue weighted by atomic mass is 10.2. The number of carbonyl (C=O) groups excluding carboxylic acids is 2. The minimum atomic E-state index is -0.487. The molecule has 1 amide bonds. The van der Waals surface area contributed by atoms with E-state index in [1.54, 1.807) is 0 Å². The van der Waals surface area contributed by atoms with Gasteiger partial charge in [-0.2, -0.15) is 0 Å². The lowest BCUT2D eigenvalue weighted by Gasteiger charge is -2.22. The van der Waals surface area contributed by atoms with Crippen molar-refractivity contribution < 1.29 is 19.1 Å². The fraction of sp³-hybridized carbons (Fsp3) is 0.667. The molecule has 5 nitrogen and oxygen atoms in total. The van der Waals surface area contributed by atoms with Crippen molar-refractivity contribution >= 4 is 12.1 Å². The Labute approximate surface area is 101 Å². The zero-order valence-electron chi connectivity index (χ0n) is 10.2. The van der Waals surface area contributed by atoms with Gasteiger partial charge in [-0.1, -0.05) is 19.6 Å². The number of ether oxygens (including phenoxy) is 2. The molecule has 96 valence electrons. The number of hydrogen-bond donors (Lipinski definition) is 0. The summed E-state index contributed by atoms with van der Waals surface area (Å²) in [5.74, 6) is -0.333. The molecule has 0 aliphatic carbocycles. The van der Waals surface area contributed by atoms with Crippen molar-refractivity contribution in [3.05, 3.63) is 12.7 Å². The van der Waals surface area contributed by atoms with Crippen LogP contribution in [0.5, 0.6) is 0 Å². The van der Waals surface area contributed by atoms with Crippen LogP contribution in [-0.4, -0.2) is 42.8 Å². The summed E-state index contributed by atoms with van der Waals surface area (Å²) in [7, 11) is 0. The van der Waals surface area contributed by atoms with E-state index in [0.29, 0.717) is 19.6 Å². The third kappa shape index (κ3) is 3.76. The van der Waals surface area contributed by atoms with Crippen LogP contribution in [0.1, 0.15) is 26.2 Å². The van der Waals surface area contributed by atoms with E-state index in [-0.39, 0.29) is 12.6 Å². The molecule has 1 heterocycles. The Morgan fingerprint density at radius 1 is 1.47 bits per heavy atom. The van der Waals surface area contributed by atoms with Crippen molar-refractivity contribution in [3.63, 3.8) is 0 Å². The van der Waals surface area contributed by atoms with Crippen LogP contribution in [0.3, 0.4) is 0 Å². The molecule has 0 N–H and O–H groups in total. The van der Waals surface area contributed by atoms with E-state index in [0.717, 1.165) is 12.8 Å². The molecule has 0 aromatic heterocycles. The predicted octanol–water partition coefficient (Wildman–Crippen LogP) is 1.73. The fourth-order valence-electron chi connectivity index (χ4n) is 1.74. The van der Waals surface area contributed by atoms with Crippen molar-refractivity contribution in [1.82, 2.24) is 4.90 Å². The van der Waals surface area contributed by atoms with Crippen molar-refractivity contribution in [2.75, 3.05) is 19.8 Å². The van der Waals surface area contributed by atoms with Crippen molar-refractivity contribution in [2.24, 2.45) is 0 Å². The molecule has 5 heteroatoms. The largest absolute Gasteiger partial charge is 0.464 e. The van der Waals surface area contributed by atoms with Gasteiger partial charge in [0, 0.05) is 6.54 Å². The van der Waals surface area contributed by atoms with E-state index in [2.05, 4.69) is 6.58 Å². The van der Waals surface area contributed by atoms with Crippen molar-refractivity contribution in [1.29, 1.82) is 0 Å². The van der Waals surface area contributed by atoms with E-state index in [9.17, 15) is 9.59 Å². The number of carbonyl (C=O) groups is 2. The van der Waals surface area contributed by atoms with Crippen LogP contribution in [0.4, 0.5) is 4.79 Å². The summed E-state index contributed by atoms with van der Waals surface area (Å²) >= 11 is 0. The quantitative estimate of drug-likeness (QED) is 0.543. The van der Waals surface area contributed by atoms with Crippen LogP contribution in [0.15, 0.2) is 12.7 Å². The molecule has 0 radical (unpaired) electrons. The Hall–Kier alpha value is -1.52. The average molecular weight is 241 g/mol. The number of likely N-dealkylation sites (tertiary alicyclic amines) is 1. The Morgan fingerprint density at radius 2 is 2.24 bits per heavy atom. The first kappa shape index (κ1) is 13.5. The predicted molar refractivity (Wildman–Crippen MR) is 62.5 cm³/mol. The second kappa shape index (κ2) is 6.93. The van der Waals surface area contributed by atoms with Gasteiger partial charge in [0.25, 0.3) is 0 Å². The van der Waals surface area contributed by atoms with Crippen LogP contribution >= 0.6 is 0 Å². The normalized spacial score (nSPS) is 18.9. The van der Waals surface area contributed by atoms with Gasteiger partial charge in [-0.05, 0) is 19.3 Å². The molecule has 0 bridgehead atoms. The van der Waals surface area contributed by atoms with E-state index in [1.165, 1.54) is 11.0 Å². The number of hydrogen-bond acceptors (Lipinski definition) is 4. The van der Waals surface area contributed by atoms with Gasteiger partial charge < -0.3 is 9.47 Å². The van der Waals surface area contributed by atoms with Gasteiger partial charge in [-0.25, -0.2) is 9.59 Å². The summed E-state index contributed by atoms with van der Waals surface area (Å²) in [6.45, 7) is 6.49. The van der Waals surface area contributed by atoms with Gasteiger partial charge in [0.15, 0.2) is 0 Å². The number of esters is 1. The molecule has 17 heavy (non-hydrogen) atoms. The number of nitrogens with zero attached hydrogens (tertiary/aromatic N) is 1. The van der Waals surface area contributed by atoms with E-state index in [4.69, 9.17) is 9.47 Å². The molecule has 0 aromatic rings. The molecule has 1 fully saturated rings. The molecule has 0 aromatic carbocycles. The summed E-state index contributed by atoms with van der Waals surface area (Å²) in [5.41, 5.74) is 0. The summed E-state index contributed by atoms with van der Waals surface area (Å²) < 4.78 is 9.97. The highest BCUT2D eigenvalue weighted by Gasteiger charge is 2.35. The van der Waals surface area contributed by atoms with Crippen LogP contribution in [0, 0.1) is 0 Å². The molecule has 0 saturated carbocycles. The second-order valence-electron chi connectivity index (χ2n) is 3.88. The SMILES string of the molecule is C=CCOC(=O)N1CCCC1C(=O)OCCC. The van der Waals surface area contributed by atoms with Gasteiger partial charge in [0.2, 0.25) is 0 Å². The smallest absolute Gasteiger partial charge is 0.410 e. The van der Waals surface area contributed by atoms with E-state index >= 15 is 0 Å². The van der Waals surface area contributed by atoms with Gasteiger partial charge in [-0.3, -0.25) is 4.90 Å². The fourth-order valence-corrected chi connectivity index (χ4v) is 1.74. The zero-order chi connectivity index (χ0) is 12.7. The van der Waals surface area contributed by atoms with Crippen molar-refractivity contribution in [3.8, 4) is 0 Å². The molecule has 1 aliphatic heterocycles. The molecule has 1 aliphatic rings. The summed E-state index contributed by atoms with van der Waals surface area (Å²) in [5, 5.41) is 0. The first-order valence-corrected chi connectivity index (χ1v) is 5.91. The topological polar surface area (TPSA) is 55.8 Å². The monoisotopic (exact) mass is 241 g/mol. The molecule has 1 atom stereocenters. The Balaban J connectivity index is 2.50. The minimum absolute atomic E-state index is 0.159. The van der Waals surface area contributed by atoms with Gasteiger partial charge in [0.05, 0.1) is 6.61 Å². The average Bonchev–Trinajstić information content (AvgIpc) is 2.82. The first-order valence-electron chi connectivity index (χ1n) is 5.91. The van der Waals surface area contributed by atoms with Crippen molar-refractivity contribution in [2.45, 2.75) is 32.2 Å². The number of rotatable bonds is 5. The van der Waals surface area contributed by atoms with Crippen LogP contribution in [0.25, 0.3) is 0 Å². The standard InChI is InChI=1S/C12H19NO4/c1-3-8-16-11(14)10-6-5-7-13(10)12(15)17-9-4-2/h4,10H,2-3,5-9H2,1H3. The molecule has 1 unspecified atom stereocenters. The van der Waals surface area contributed by atoms with E-state index < -0.39 is 12.1 Å². The Bertz CT molecular complexity index is 290. The van der Waals surface area contributed by atoms with E-state index in [1.807, 2.05) is 6.92 Å². The molecule has 1 rings (SSSR count). The van der Waals surface area contributed by atoms with Crippen LogP contribution < -0.4 is 0 Å². The maximum Gasteiger partial charge on any atom is 0.410 e. The molecular formula is C12H19NO4. The molecular weight excluding hydrogens is 222 g/mol. The molecule has 0 spiro atoms. The lowest BCUT2D eigenvalue weighted by Crippen LogP contribution is -2.41. The third-order valence-electron chi connectivity index (χ3n) is 2.53. The number of amides is 1. The Morgan fingerprint density at radius 3 is 2.88 bits per heavy atom. The van der Waals surface area contributed by atoms with Gasteiger partial charge >= 0.3 is 12.1 Å². The van der Waals surface area contributed by atoms with Gasteiger partial charge in [-0.15, -0.1) is 0 Å². The first-order chi connectivity index (χ1) is 8.20. The zero-order valence-corrected chi connectivity index (χ0v) is 10.2. The van der Waals surface area contributed by atoms with Gasteiger partial charge in [0.1, 0.15) is 12.6 Å². The lowest BCUT2D eigenvalue weighted by molar-refractivity contribution is -0.148. The third-order valence-corrected chi connectivity index (χ3v) is 2.53. The maximum absolute atomic E-state index is 11.7. The summed E-state index contributed by atoms with van der Waals surface area (Å²) in [6, 6.07) is -0.487. The highest BCUT2D eigenvalue weighted by atomic mass is 16.6.